The lowest BCUT2D eigenvalue weighted by Gasteiger charge is -2.22. The average Bonchev–Trinajstić information content (AvgIpc) is 4.19. The Bertz CT molecular complexity index is 3110. The Kier molecular flexibility index (Phi) is 40.9. The number of nitrogen functional groups attached to an aromatic ring is 1. The van der Waals surface area contributed by atoms with Crippen LogP contribution in [-0.2, 0) is 9.47 Å². The largest absolute Gasteiger partial charge is 0.578 e. The fraction of sp³-hybridized carbons (Fsp3) is 0.259. The maximum atomic E-state index is 9.15. The Morgan fingerprint density at radius 3 is 1.70 bits per heavy atom. The van der Waals surface area contributed by atoms with E-state index in [1.807, 2.05) is 19.9 Å². The van der Waals surface area contributed by atoms with E-state index >= 15 is 0 Å². The summed E-state index contributed by atoms with van der Waals surface area (Å²) in [6.07, 6.45) is 7.18. The Morgan fingerprint density at radius 1 is 0.732 bits per heavy atom. The summed E-state index contributed by atoms with van der Waals surface area (Å²) in [6, 6.07) is 34.1. The molecule has 0 amide bonds. The summed E-state index contributed by atoms with van der Waals surface area (Å²) >= 11 is 33.1. The van der Waals surface area contributed by atoms with Gasteiger partial charge in [-0.1, -0.05) is 157 Å². The fourth-order valence-corrected chi connectivity index (χ4v) is 11.3. The van der Waals surface area contributed by atoms with Gasteiger partial charge in [-0.15, -0.1) is 9.69 Å². The predicted octanol–water partition coefficient (Wildman–Crippen LogP) is 15.6. The van der Waals surface area contributed by atoms with Gasteiger partial charge in [-0.2, -0.15) is 32.8 Å². The number of nitrogens with two attached hydrogens (primary N) is 4. The molecule has 0 bridgehead atoms. The van der Waals surface area contributed by atoms with Gasteiger partial charge in [-0.25, -0.2) is 4.85 Å². The van der Waals surface area contributed by atoms with Crippen molar-refractivity contribution in [2.24, 2.45) is 17.2 Å². The van der Waals surface area contributed by atoms with E-state index < -0.39 is 0 Å². The standard InChI is InChI=1S/C18H21P.C12H9Cl2N3OS.C6H3BrCl2.C6H7N3OS.C6H9N3OS.C6H7N3O.H2O2.H2S/c1-3-9-15(10-4-1)17-13-7-8-14-18(17)19-16-11-5-2-6-12-16;1-2-18-11-10(6-15)12(19-17-11)16-9-4-7(13)3-8(14)5-9;7-4-1-5(8)3-6(9)2-4;1-2-10-6-4(3-7)5(8)11-9-6;1-3-10-5(7)4(9-2)6(8)11;1-4-10-5(7)6(8-2)9-3;1-2;/h1,3-4,7-10,13-14,16,19H,2,5-6,11-12H2;3-5,16H,2H2,1H3;1-3H;2,8H2,1H3;3,7H2,1H3,(H2,8,11);4,7H2,1H3;1-2H;1H2/b;;;;5-4-;;;. The van der Waals surface area contributed by atoms with Crippen LogP contribution in [0.3, 0.4) is 0 Å². The van der Waals surface area contributed by atoms with E-state index in [9.17, 15) is 0 Å². The molecule has 2 heterocycles. The number of halogens is 5. The van der Waals surface area contributed by atoms with Crippen LogP contribution in [0.5, 0.6) is 11.8 Å². The third-order valence-corrected chi connectivity index (χ3v) is 14.3. The number of benzene rings is 4. The van der Waals surface area contributed by atoms with Crippen LogP contribution in [-0.4, -0.2) is 56.3 Å². The first-order valence-corrected chi connectivity index (χ1v) is 29.2. The molecule has 1 saturated carbocycles. The number of hydrogen-bond acceptors (Lipinski definition) is 17. The summed E-state index contributed by atoms with van der Waals surface area (Å²) < 4.78 is 28.7. The number of aromatic nitrogens is 2. The molecule has 7 rings (SSSR count). The van der Waals surface area contributed by atoms with Crippen molar-refractivity contribution in [3.05, 3.63) is 184 Å². The van der Waals surface area contributed by atoms with Gasteiger partial charge in [-0.3, -0.25) is 10.5 Å². The van der Waals surface area contributed by atoms with Crippen LogP contribution in [0.25, 0.3) is 25.7 Å². The topological polar surface area (TPSA) is 280 Å². The van der Waals surface area contributed by atoms with Gasteiger partial charge in [0.05, 0.1) is 33.0 Å². The molecule has 82 heavy (non-hydrogen) atoms. The summed E-state index contributed by atoms with van der Waals surface area (Å²) in [5.41, 5.74) is 26.3. The zero-order valence-corrected chi connectivity index (χ0v) is 53.7. The van der Waals surface area contributed by atoms with Crippen LogP contribution in [0, 0.1) is 42.4 Å². The van der Waals surface area contributed by atoms with Crippen molar-refractivity contribution in [3.8, 4) is 35.0 Å². The number of nitrogens with zero attached hydrogens (tertiary/aromatic N) is 7. The number of rotatable bonds is 14. The highest BCUT2D eigenvalue weighted by atomic mass is 79.9. The van der Waals surface area contributed by atoms with Crippen LogP contribution in [0.4, 0.5) is 15.7 Å². The molecule has 1 unspecified atom stereocenters. The molecule has 1 fully saturated rings. The van der Waals surface area contributed by atoms with Gasteiger partial charge in [0.2, 0.25) is 11.8 Å². The summed E-state index contributed by atoms with van der Waals surface area (Å²) in [6.45, 7) is 28.5. The van der Waals surface area contributed by atoms with Crippen molar-refractivity contribution in [3.63, 3.8) is 0 Å². The van der Waals surface area contributed by atoms with Crippen LogP contribution < -0.4 is 43.0 Å². The van der Waals surface area contributed by atoms with Gasteiger partial charge in [0, 0.05) is 30.3 Å². The zero-order chi connectivity index (χ0) is 60.7. The maximum absolute atomic E-state index is 9.15. The molecule has 0 saturated heterocycles. The Labute approximate surface area is 529 Å². The second kappa shape index (κ2) is 44.3. The number of nitrogens with one attached hydrogen (secondary N) is 1. The van der Waals surface area contributed by atoms with Gasteiger partial charge < -0.3 is 47.2 Å². The average molecular weight is 1350 g/mol. The molecule has 0 spiro atoms. The van der Waals surface area contributed by atoms with Crippen LogP contribution in [0.2, 0.25) is 20.1 Å². The third-order valence-electron chi connectivity index (χ3n) is 9.67. The summed E-state index contributed by atoms with van der Waals surface area (Å²) in [5.74, 6) is 0.382. The summed E-state index contributed by atoms with van der Waals surface area (Å²) in [4.78, 5) is 8.68. The highest BCUT2D eigenvalue weighted by Crippen LogP contribution is 2.36. The van der Waals surface area contributed by atoms with E-state index in [-0.39, 0.29) is 41.8 Å². The second-order valence-electron chi connectivity index (χ2n) is 15.2. The van der Waals surface area contributed by atoms with Gasteiger partial charge in [-0.05, 0) is 122 Å². The molecule has 0 radical (unpaired) electrons. The Balaban J connectivity index is 0.000000978. The van der Waals surface area contributed by atoms with Crippen LogP contribution in [0.1, 0.15) is 70.9 Å². The predicted molar refractivity (Wildman–Crippen MR) is 349 cm³/mol. The van der Waals surface area contributed by atoms with E-state index in [0.717, 1.165) is 41.8 Å². The van der Waals surface area contributed by atoms with E-state index in [1.165, 1.54) is 43.2 Å². The van der Waals surface area contributed by atoms with E-state index in [1.54, 1.807) is 55.6 Å². The van der Waals surface area contributed by atoms with Crippen molar-refractivity contribution in [1.82, 2.24) is 8.75 Å². The Morgan fingerprint density at radius 2 is 1.22 bits per heavy atom. The zero-order valence-electron chi connectivity index (χ0n) is 44.7. The van der Waals surface area contributed by atoms with Crippen molar-refractivity contribution in [2.75, 3.05) is 37.5 Å². The van der Waals surface area contributed by atoms with Gasteiger partial charge >= 0.3 is 5.82 Å². The molecule has 436 valence electrons. The minimum atomic E-state index is -0.207. The normalized spacial score (nSPS) is 11.0. The van der Waals surface area contributed by atoms with Crippen LogP contribution in [0.15, 0.2) is 119 Å². The van der Waals surface area contributed by atoms with Gasteiger partial charge in [0.25, 0.3) is 11.6 Å². The van der Waals surface area contributed by atoms with E-state index in [2.05, 4.69) is 117 Å². The molecule has 1 aliphatic carbocycles. The lowest BCUT2D eigenvalue weighted by atomic mass is 10.0. The minimum absolute atomic E-state index is 0. The lowest BCUT2D eigenvalue weighted by Crippen LogP contribution is -2.16. The molecule has 28 heteroatoms. The molecular formula is C54H60BrCl4N12O6PS4. The fourth-order valence-electron chi connectivity index (χ4n) is 6.35. The van der Waals surface area contributed by atoms with Crippen LogP contribution >= 0.6 is 120 Å². The molecule has 1 aliphatic rings. The number of hydrogen-bond donors (Lipinski definition) is 7. The maximum Gasteiger partial charge on any atom is 0.578 e. The quantitative estimate of drug-likeness (QED) is 0.0102. The number of anilines is 3. The van der Waals surface area contributed by atoms with E-state index in [0.29, 0.717) is 85.1 Å². The molecule has 2 aromatic heterocycles. The first-order valence-electron chi connectivity index (χ1n) is 23.9. The third kappa shape index (κ3) is 28.6. The monoisotopic (exact) mass is 1350 g/mol. The molecule has 1 atom stereocenters. The minimum Gasteiger partial charge on any atom is -0.488 e. The number of thiocarbonyl (C=S) groups is 1. The molecule has 11 N–H and O–H groups in total. The number of ether oxygens (including phenoxy) is 4. The second-order valence-corrected chi connectivity index (χ2v) is 21.6. The van der Waals surface area contributed by atoms with Crippen molar-refractivity contribution in [1.29, 1.82) is 10.5 Å². The van der Waals surface area contributed by atoms with Crippen molar-refractivity contribution < 1.29 is 29.5 Å². The van der Waals surface area contributed by atoms with Gasteiger partial charge in [0.1, 0.15) is 45.8 Å². The Hall–Kier alpha value is -6.30. The summed E-state index contributed by atoms with van der Waals surface area (Å²) in [7, 11) is 0.978. The molecule has 4 aromatic carbocycles. The first-order chi connectivity index (χ1) is 38.9. The van der Waals surface area contributed by atoms with Crippen molar-refractivity contribution in [2.45, 2.75) is 65.5 Å². The number of nitriles is 2. The first kappa shape index (κ1) is 75.7. The highest BCUT2D eigenvalue weighted by Gasteiger charge is 2.17. The molecule has 6 aromatic rings. The highest BCUT2D eigenvalue weighted by molar-refractivity contribution is 9.10. The smallest absolute Gasteiger partial charge is 0.488 e. The summed E-state index contributed by atoms with van der Waals surface area (Å²) in [5, 5.41) is 37.7. The molecular weight excluding hydrogens is 1290 g/mol. The van der Waals surface area contributed by atoms with Crippen molar-refractivity contribution >= 4 is 146 Å². The lowest BCUT2D eigenvalue weighted by molar-refractivity contribution is -0.176. The van der Waals surface area contributed by atoms with E-state index in [4.69, 9.17) is 129 Å². The van der Waals surface area contributed by atoms with Gasteiger partial charge in [0.15, 0.2) is 11.4 Å². The molecule has 18 nitrogen and oxygen atoms in total. The molecule has 0 aliphatic heterocycles. The SMILES string of the molecule is CCOc1nsc(N)c1C#N.CCOc1nsc(Nc2cc(Cl)cc(Cl)c2)c1C#N.Clc1cc(Cl)cc(Br)c1.OO.S.[C-]#[N+]/C(C(N)=S)=C(/N)OCC.[C-]#[N+]C([N+]#[C-])=C(N)OCC.c1ccc(-c2ccccc2PC2CCCCC2)cc1.